The number of benzene rings is 6. The number of nitrogens with one attached hydrogen (secondary N) is 3. The number of hydrogen-bond donors (Lipinski definition) is 3. The molecule has 6 aromatic carbocycles. The minimum atomic E-state index is -1.11. The summed E-state index contributed by atoms with van der Waals surface area (Å²) >= 11 is 0. The van der Waals surface area contributed by atoms with Crippen molar-refractivity contribution in [3.63, 3.8) is 0 Å². The predicted octanol–water partition coefficient (Wildman–Crippen LogP) is 6.63. The van der Waals surface area contributed by atoms with Crippen LogP contribution >= 0.6 is 0 Å². The van der Waals surface area contributed by atoms with Crippen LogP contribution in [0.15, 0.2) is 182 Å². The molecule has 1 heterocycles. The summed E-state index contributed by atoms with van der Waals surface area (Å²) < 4.78 is 19.2. The van der Waals surface area contributed by atoms with Crippen LogP contribution in [0.25, 0.3) is 0 Å². The van der Waals surface area contributed by atoms with E-state index in [1.54, 1.807) is 24.5 Å². The molecule has 0 spiro atoms. The zero-order valence-electron chi connectivity index (χ0n) is 34.7. The van der Waals surface area contributed by atoms with E-state index in [4.69, 9.17) is 19.2 Å². The van der Waals surface area contributed by atoms with Gasteiger partial charge in [-0.25, -0.2) is 9.78 Å². The molecule has 3 amide bonds. The van der Waals surface area contributed by atoms with E-state index in [9.17, 15) is 19.2 Å². The standard InChI is InChI=1S/C51H47N5O7/c1-61-50(60)44(30-43-33-56(36-54-43)51(40-21-11-4-12-22-40,41-23-13-5-14-24-41)42-25-15-6-16-26-42)55-48(58)32-52-47(57)31-53-49(59)39-27-28-45(62-34-37-17-7-2-8-18-37)46(29-39)63-35-38-19-9-3-10-20-38/h2-29,33,36,44H,30-32,34-35H2,1H3,(H,52,57)(H,53,59)(H,55,58)/t44-/m0/s1. The molecule has 3 N–H and O–H groups in total. The Labute approximate surface area is 365 Å². The van der Waals surface area contributed by atoms with Gasteiger partial charge in [-0.15, -0.1) is 0 Å². The van der Waals surface area contributed by atoms with Crippen LogP contribution in [-0.4, -0.2) is 59.5 Å². The summed E-state index contributed by atoms with van der Waals surface area (Å²) in [4.78, 5) is 56.9. The number of aromatic nitrogens is 2. The topological polar surface area (TPSA) is 150 Å². The highest BCUT2D eigenvalue weighted by Gasteiger charge is 2.38. The first kappa shape index (κ1) is 43.1. The van der Waals surface area contributed by atoms with Gasteiger partial charge in [0.15, 0.2) is 11.5 Å². The molecule has 12 nitrogen and oxygen atoms in total. The van der Waals surface area contributed by atoms with E-state index in [1.807, 2.05) is 126 Å². The Balaban J connectivity index is 0.979. The van der Waals surface area contributed by atoms with Crippen molar-refractivity contribution in [2.75, 3.05) is 20.2 Å². The summed E-state index contributed by atoms with van der Waals surface area (Å²) in [5, 5.41) is 7.76. The molecule has 0 unspecified atom stereocenters. The van der Waals surface area contributed by atoms with Gasteiger partial charge in [0.1, 0.15) is 24.8 Å². The number of rotatable bonds is 19. The van der Waals surface area contributed by atoms with Crippen molar-refractivity contribution < 1.29 is 33.4 Å². The molecular formula is C51H47N5O7. The van der Waals surface area contributed by atoms with Crippen LogP contribution in [0.4, 0.5) is 0 Å². The van der Waals surface area contributed by atoms with Gasteiger partial charge in [0.2, 0.25) is 11.8 Å². The molecule has 63 heavy (non-hydrogen) atoms. The van der Waals surface area contributed by atoms with E-state index in [1.165, 1.54) is 7.11 Å². The second-order valence-electron chi connectivity index (χ2n) is 14.6. The Kier molecular flexibility index (Phi) is 14.4. The number of methoxy groups -OCH3 is 1. The number of ether oxygens (including phenoxy) is 3. The monoisotopic (exact) mass is 841 g/mol. The predicted molar refractivity (Wildman–Crippen MR) is 238 cm³/mol. The fourth-order valence-corrected chi connectivity index (χ4v) is 7.28. The van der Waals surface area contributed by atoms with Gasteiger partial charge in [-0.3, -0.25) is 14.4 Å². The molecule has 0 saturated heterocycles. The highest BCUT2D eigenvalue weighted by molar-refractivity contribution is 5.97. The lowest BCUT2D eigenvalue weighted by atomic mass is 9.77. The molecule has 0 aliphatic rings. The van der Waals surface area contributed by atoms with Gasteiger partial charge in [-0.1, -0.05) is 152 Å². The van der Waals surface area contributed by atoms with Gasteiger partial charge >= 0.3 is 5.97 Å². The quantitative estimate of drug-likeness (QED) is 0.0608. The van der Waals surface area contributed by atoms with Gasteiger partial charge in [-0.05, 0) is 46.0 Å². The molecule has 7 aromatic rings. The maximum Gasteiger partial charge on any atom is 0.328 e. The smallest absolute Gasteiger partial charge is 0.328 e. The Morgan fingerprint density at radius 2 is 1.10 bits per heavy atom. The van der Waals surface area contributed by atoms with Crippen LogP contribution in [0.1, 0.15) is 43.9 Å². The van der Waals surface area contributed by atoms with Crippen molar-refractivity contribution >= 4 is 23.7 Å². The molecule has 12 heteroatoms. The van der Waals surface area contributed by atoms with E-state index in [2.05, 4.69) is 52.3 Å². The second kappa shape index (κ2) is 21.0. The highest BCUT2D eigenvalue weighted by Crippen LogP contribution is 2.41. The van der Waals surface area contributed by atoms with Crippen LogP contribution in [-0.2, 0) is 44.3 Å². The van der Waals surface area contributed by atoms with Crippen LogP contribution in [0, 0.1) is 0 Å². The third-order valence-corrected chi connectivity index (χ3v) is 10.4. The molecule has 0 bridgehead atoms. The third kappa shape index (κ3) is 10.9. The number of amides is 3. The van der Waals surface area contributed by atoms with Crippen molar-refractivity contribution in [1.29, 1.82) is 0 Å². The average Bonchev–Trinajstić information content (AvgIpc) is 3.81. The Bertz CT molecular complexity index is 2490. The summed E-state index contributed by atoms with van der Waals surface area (Å²) in [6, 6.07) is 53.2. The minimum absolute atomic E-state index is 0.0109. The number of esters is 1. The molecule has 0 fully saturated rings. The molecule has 1 atom stereocenters. The number of imidazole rings is 1. The fraction of sp³-hybridized carbons (Fsp3) is 0.157. The highest BCUT2D eigenvalue weighted by atomic mass is 16.5. The van der Waals surface area contributed by atoms with Gasteiger partial charge in [0.05, 0.1) is 32.2 Å². The van der Waals surface area contributed by atoms with Crippen LogP contribution < -0.4 is 25.4 Å². The summed E-state index contributed by atoms with van der Waals surface area (Å²) in [6.07, 6.45) is 3.60. The van der Waals surface area contributed by atoms with Crippen LogP contribution in [0.5, 0.6) is 11.5 Å². The number of nitrogens with zero attached hydrogens (tertiary/aromatic N) is 2. The summed E-state index contributed by atoms with van der Waals surface area (Å²) in [6.45, 7) is -0.329. The molecule has 0 radical (unpaired) electrons. The normalized spacial score (nSPS) is 11.4. The first-order valence-electron chi connectivity index (χ1n) is 20.4. The van der Waals surface area contributed by atoms with E-state index in [-0.39, 0.29) is 18.6 Å². The SMILES string of the molecule is COC(=O)[C@H](Cc1cn(C(c2ccccc2)(c2ccccc2)c2ccccc2)cn1)NC(=O)CNC(=O)CNC(=O)c1ccc(OCc2ccccc2)c(OCc2ccccc2)c1. The fourth-order valence-electron chi connectivity index (χ4n) is 7.28. The molecule has 0 aliphatic carbocycles. The molecule has 0 aliphatic heterocycles. The number of hydrogen-bond acceptors (Lipinski definition) is 8. The van der Waals surface area contributed by atoms with Crippen molar-refractivity contribution in [3.05, 3.63) is 221 Å². The first-order chi connectivity index (χ1) is 30.8. The minimum Gasteiger partial charge on any atom is -0.485 e. The average molecular weight is 842 g/mol. The Morgan fingerprint density at radius 3 is 1.62 bits per heavy atom. The molecule has 7 rings (SSSR count). The molecule has 318 valence electrons. The zero-order valence-corrected chi connectivity index (χ0v) is 34.7. The van der Waals surface area contributed by atoms with E-state index in [0.717, 1.165) is 27.8 Å². The molecule has 0 saturated carbocycles. The number of carbonyl (C=O) groups excluding carboxylic acids is 4. The first-order valence-corrected chi connectivity index (χ1v) is 20.4. The Morgan fingerprint density at radius 1 is 0.603 bits per heavy atom. The lowest BCUT2D eigenvalue weighted by Gasteiger charge is -2.37. The van der Waals surface area contributed by atoms with E-state index < -0.39 is 48.4 Å². The van der Waals surface area contributed by atoms with Crippen LogP contribution in [0.2, 0.25) is 0 Å². The lowest BCUT2D eigenvalue weighted by molar-refractivity contribution is -0.145. The van der Waals surface area contributed by atoms with Crippen molar-refractivity contribution in [2.24, 2.45) is 0 Å². The van der Waals surface area contributed by atoms with Crippen molar-refractivity contribution in [3.8, 4) is 11.5 Å². The zero-order chi connectivity index (χ0) is 43.9. The van der Waals surface area contributed by atoms with Gasteiger partial charge in [0.25, 0.3) is 5.91 Å². The summed E-state index contributed by atoms with van der Waals surface area (Å²) in [5.41, 5.74) is 4.83. The Hall–Kier alpha value is -7.99. The maximum atomic E-state index is 13.2. The molecule has 1 aromatic heterocycles. The molecular weight excluding hydrogens is 795 g/mol. The van der Waals surface area contributed by atoms with Crippen LogP contribution in [0.3, 0.4) is 0 Å². The largest absolute Gasteiger partial charge is 0.485 e. The second-order valence-corrected chi connectivity index (χ2v) is 14.6. The van der Waals surface area contributed by atoms with Crippen molar-refractivity contribution in [2.45, 2.75) is 31.2 Å². The number of carbonyl (C=O) groups is 4. The van der Waals surface area contributed by atoms with Gasteiger partial charge < -0.3 is 34.7 Å². The van der Waals surface area contributed by atoms with Gasteiger partial charge in [0, 0.05) is 18.2 Å². The van der Waals surface area contributed by atoms with E-state index >= 15 is 0 Å². The lowest BCUT2D eigenvalue weighted by Crippen LogP contribution is -2.48. The van der Waals surface area contributed by atoms with Gasteiger partial charge in [-0.2, -0.15) is 0 Å². The summed E-state index contributed by atoms with van der Waals surface area (Å²) in [5.74, 6) is -1.65. The third-order valence-electron chi connectivity index (χ3n) is 10.4. The summed E-state index contributed by atoms with van der Waals surface area (Å²) in [7, 11) is 1.24. The van der Waals surface area contributed by atoms with Crippen molar-refractivity contribution in [1.82, 2.24) is 25.5 Å². The van der Waals surface area contributed by atoms with E-state index in [0.29, 0.717) is 23.8 Å². The maximum absolute atomic E-state index is 13.2.